The minimum absolute atomic E-state index is 0.0191. The number of hydrogen-bond acceptors (Lipinski definition) is 8. The Bertz CT molecular complexity index is 1370. The molecule has 3 rings (SSSR count). The van der Waals surface area contributed by atoms with Gasteiger partial charge in [0.05, 0.1) is 68.1 Å². The second-order valence-electron chi connectivity index (χ2n) is 9.53. The smallest absolute Gasteiger partial charge is 0.416 e. The van der Waals surface area contributed by atoms with E-state index >= 15 is 0 Å². The number of nitriles is 1. The Kier molecular flexibility index (Phi) is 10.9. The maximum absolute atomic E-state index is 13.7. The molecule has 2 aromatic rings. The average Bonchev–Trinajstić information content (AvgIpc) is 2.95. The van der Waals surface area contributed by atoms with Gasteiger partial charge in [-0.25, -0.2) is 4.79 Å². The molecule has 0 bridgehead atoms. The van der Waals surface area contributed by atoms with E-state index < -0.39 is 41.3 Å². The second kappa shape index (κ2) is 14.1. The summed E-state index contributed by atoms with van der Waals surface area (Å²) < 4.78 is 62.8. The van der Waals surface area contributed by atoms with Gasteiger partial charge in [0, 0.05) is 11.6 Å². The first-order valence-corrected chi connectivity index (χ1v) is 13.2. The van der Waals surface area contributed by atoms with Gasteiger partial charge in [-0.15, -0.1) is 0 Å². The molecule has 0 fully saturated rings. The van der Waals surface area contributed by atoms with Gasteiger partial charge in [-0.3, -0.25) is 15.1 Å². The fraction of sp³-hybridized carbons (Fsp3) is 0.400. The molecule has 224 valence electrons. The van der Waals surface area contributed by atoms with Crippen molar-refractivity contribution in [3.05, 3.63) is 76.5 Å². The van der Waals surface area contributed by atoms with E-state index in [0.717, 1.165) is 24.1 Å². The maximum atomic E-state index is 13.7. The van der Waals surface area contributed by atoms with E-state index in [4.69, 9.17) is 24.4 Å². The number of esters is 2. The number of hydrogen-bond donors (Lipinski definition) is 1. The highest BCUT2D eigenvalue weighted by atomic mass is 19.4. The molecule has 42 heavy (non-hydrogen) atoms. The van der Waals surface area contributed by atoms with E-state index in [1.165, 1.54) is 24.3 Å². The molecular weight excluding hydrogens is 555 g/mol. The number of carbonyl (C=O) groups is 2. The maximum Gasteiger partial charge on any atom is 0.416 e. The number of carbonyl (C=O) groups excluding carboxylic acids is 2. The van der Waals surface area contributed by atoms with Crippen LogP contribution in [0.2, 0.25) is 0 Å². The van der Waals surface area contributed by atoms with Crippen molar-refractivity contribution in [3.8, 4) is 6.07 Å². The SMILES string of the molecule is CCOC(=O)C1C(=N)N(c2cccc(C(F)(F)F)c2)C(COCCOC(C)C)=C(C(=O)OC)C1c1ccc(C#N)cc1. The van der Waals surface area contributed by atoms with E-state index in [2.05, 4.69) is 0 Å². The zero-order valence-electron chi connectivity index (χ0n) is 23.7. The van der Waals surface area contributed by atoms with Crippen molar-refractivity contribution in [1.82, 2.24) is 0 Å². The second-order valence-corrected chi connectivity index (χ2v) is 9.53. The number of halogens is 3. The molecule has 0 aromatic heterocycles. The van der Waals surface area contributed by atoms with Crippen molar-refractivity contribution in [2.75, 3.05) is 38.4 Å². The largest absolute Gasteiger partial charge is 0.466 e. The summed E-state index contributed by atoms with van der Waals surface area (Å²) in [6, 6.07) is 12.3. The number of anilines is 1. The standard InChI is InChI=1S/C30H32F3N3O6/c1-5-41-29(38)26-24(20-11-9-19(16-34)10-12-20)25(28(37)39-4)23(17-40-13-14-42-18(2)3)36(27(26)35)22-8-6-7-21(15-22)30(31,32)33/h6-12,15,18,24,26,35H,5,13-14,17H2,1-4H3. The Balaban J connectivity index is 2.30. The van der Waals surface area contributed by atoms with E-state index in [1.54, 1.807) is 19.1 Å². The fourth-order valence-electron chi connectivity index (χ4n) is 4.64. The first-order chi connectivity index (χ1) is 19.9. The van der Waals surface area contributed by atoms with Crippen LogP contribution in [0.5, 0.6) is 0 Å². The highest BCUT2D eigenvalue weighted by Crippen LogP contribution is 2.44. The van der Waals surface area contributed by atoms with E-state index in [1.807, 2.05) is 19.9 Å². The number of nitrogens with one attached hydrogen (secondary N) is 1. The van der Waals surface area contributed by atoms with Crippen LogP contribution in [0.4, 0.5) is 18.9 Å². The molecule has 2 unspecified atom stereocenters. The van der Waals surface area contributed by atoms with Crippen LogP contribution in [-0.4, -0.2) is 57.4 Å². The summed E-state index contributed by atoms with van der Waals surface area (Å²) >= 11 is 0. The number of rotatable bonds is 11. The quantitative estimate of drug-likeness (QED) is 0.281. The molecule has 0 saturated heterocycles. The summed E-state index contributed by atoms with van der Waals surface area (Å²) in [6.45, 7) is 5.15. The Morgan fingerprint density at radius 1 is 1.12 bits per heavy atom. The third-order valence-corrected chi connectivity index (χ3v) is 6.45. The molecule has 1 heterocycles. The van der Waals surface area contributed by atoms with Gasteiger partial charge in [-0.05, 0) is 56.7 Å². The first-order valence-electron chi connectivity index (χ1n) is 13.2. The van der Waals surface area contributed by atoms with Crippen molar-refractivity contribution in [3.63, 3.8) is 0 Å². The number of alkyl halides is 3. The van der Waals surface area contributed by atoms with E-state index in [9.17, 15) is 28.0 Å². The average molecular weight is 588 g/mol. The molecule has 1 aliphatic heterocycles. The van der Waals surface area contributed by atoms with Crippen LogP contribution in [0.15, 0.2) is 59.8 Å². The van der Waals surface area contributed by atoms with Crippen LogP contribution in [0.1, 0.15) is 43.4 Å². The molecule has 9 nitrogen and oxygen atoms in total. The van der Waals surface area contributed by atoms with Crippen molar-refractivity contribution in [2.24, 2.45) is 5.92 Å². The minimum Gasteiger partial charge on any atom is -0.466 e. The lowest BCUT2D eigenvalue weighted by Crippen LogP contribution is -2.49. The summed E-state index contributed by atoms with van der Waals surface area (Å²) in [5.41, 5.74) is -0.466. The van der Waals surface area contributed by atoms with Gasteiger partial charge in [0.15, 0.2) is 0 Å². The lowest BCUT2D eigenvalue weighted by atomic mass is 9.75. The van der Waals surface area contributed by atoms with Gasteiger partial charge in [0.2, 0.25) is 0 Å². The summed E-state index contributed by atoms with van der Waals surface area (Å²) in [4.78, 5) is 28.0. The highest BCUT2D eigenvalue weighted by molar-refractivity contribution is 6.14. The molecule has 0 saturated carbocycles. The molecule has 1 aliphatic rings. The molecule has 2 atom stereocenters. The van der Waals surface area contributed by atoms with Gasteiger partial charge in [-0.2, -0.15) is 18.4 Å². The van der Waals surface area contributed by atoms with Gasteiger partial charge >= 0.3 is 18.1 Å². The molecule has 12 heteroatoms. The lowest BCUT2D eigenvalue weighted by Gasteiger charge is -2.41. The molecule has 0 radical (unpaired) electrons. The van der Waals surface area contributed by atoms with Gasteiger partial charge in [-0.1, -0.05) is 18.2 Å². The van der Waals surface area contributed by atoms with Crippen LogP contribution in [0, 0.1) is 22.7 Å². The van der Waals surface area contributed by atoms with Gasteiger partial charge in [0.1, 0.15) is 11.8 Å². The van der Waals surface area contributed by atoms with Gasteiger partial charge < -0.3 is 18.9 Å². The van der Waals surface area contributed by atoms with Crippen molar-refractivity contribution in [1.29, 1.82) is 10.7 Å². The molecule has 0 amide bonds. The Morgan fingerprint density at radius 2 is 1.81 bits per heavy atom. The number of benzene rings is 2. The zero-order chi connectivity index (χ0) is 31.0. The normalized spacial score (nSPS) is 17.3. The monoisotopic (exact) mass is 587 g/mol. The van der Waals surface area contributed by atoms with Crippen LogP contribution in [0.3, 0.4) is 0 Å². The Morgan fingerprint density at radius 3 is 2.38 bits per heavy atom. The third kappa shape index (κ3) is 7.35. The van der Waals surface area contributed by atoms with Crippen LogP contribution in [0.25, 0.3) is 0 Å². The first kappa shape index (κ1) is 32.3. The van der Waals surface area contributed by atoms with Crippen LogP contribution >= 0.6 is 0 Å². The number of ether oxygens (including phenoxy) is 4. The van der Waals surface area contributed by atoms with Crippen molar-refractivity contribution >= 4 is 23.5 Å². The molecule has 1 N–H and O–H groups in total. The van der Waals surface area contributed by atoms with Crippen molar-refractivity contribution in [2.45, 2.75) is 39.0 Å². The molecule has 2 aromatic carbocycles. The Hall–Kier alpha value is -4.21. The predicted octanol–water partition coefficient (Wildman–Crippen LogP) is 5.21. The molecule has 0 aliphatic carbocycles. The lowest BCUT2D eigenvalue weighted by molar-refractivity contribution is -0.146. The number of nitrogens with zero attached hydrogens (tertiary/aromatic N) is 2. The number of amidine groups is 1. The minimum atomic E-state index is -4.70. The fourth-order valence-corrected chi connectivity index (χ4v) is 4.64. The summed E-state index contributed by atoms with van der Waals surface area (Å²) in [5, 5.41) is 18.4. The van der Waals surface area contributed by atoms with Crippen LogP contribution < -0.4 is 4.90 Å². The predicted molar refractivity (Wildman–Crippen MR) is 147 cm³/mol. The third-order valence-electron chi connectivity index (χ3n) is 6.45. The van der Waals surface area contributed by atoms with Crippen LogP contribution in [-0.2, 0) is 34.7 Å². The summed E-state index contributed by atoms with van der Waals surface area (Å²) in [7, 11) is 1.13. The molecular formula is C30H32F3N3O6. The molecule has 0 spiro atoms. The van der Waals surface area contributed by atoms with E-state index in [0.29, 0.717) is 11.1 Å². The van der Waals surface area contributed by atoms with Crippen molar-refractivity contribution < 1.29 is 41.7 Å². The topological polar surface area (TPSA) is 122 Å². The van der Waals surface area contributed by atoms with E-state index in [-0.39, 0.29) is 49.5 Å². The zero-order valence-corrected chi connectivity index (χ0v) is 23.7. The Labute approximate surface area is 241 Å². The highest BCUT2D eigenvalue weighted by Gasteiger charge is 2.48. The summed E-state index contributed by atoms with van der Waals surface area (Å²) in [5.74, 6) is -4.74. The number of methoxy groups -OCH3 is 1. The van der Waals surface area contributed by atoms with Gasteiger partial charge in [0.25, 0.3) is 0 Å². The summed E-state index contributed by atoms with van der Waals surface area (Å²) in [6.07, 6.45) is -4.77.